The van der Waals surface area contributed by atoms with Crippen LogP contribution in [0.5, 0.6) is 0 Å². The average Bonchev–Trinajstić information content (AvgIpc) is 2.36. The Labute approximate surface area is 130 Å². The number of amides is 2. The molecule has 2 amide bonds. The summed E-state index contributed by atoms with van der Waals surface area (Å²) in [5.41, 5.74) is 7.68. The Morgan fingerprint density at radius 1 is 1.33 bits per heavy atom. The molecular weight excluding hydrogens is 292 g/mol. The molecule has 1 aliphatic heterocycles. The van der Waals surface area contributed by atoms with Crippen LogP contribution in [0.15, 0.2) is 0 Å². The first-order valence-electron chi connectivity index (χ1n) is 7.13. The van der Waals surface area contributed by atoms with Crippen molar-refractivity contribution in [3.05, 3.63) is 0 Å². The van der Waals surface area contributed by atoms with E-state index in [1.54, 1.807) is 4.90 Å². The molecule has 1 rings (SSSR count). The molecule has 122 valence electrons. The molecule has 8 heteroatoms. The monoisotopic (exact) mass is 318 g/mol. The molecule has 1 atom stereocenters. The van der Waals surface area contributed by atoms with Gasteiger partial charge in [-0.05, 0) is 52.5 Å². The van der Waals surface area contributed by atoms with Crippen molar-refractivity contribution in [3.8, 4) is 0 Å². The predicted octanol–water partition coefficient (Wildman–Crippen LogP) is 1.21. The third-order valence-corrected chi connectivity index (χ3v) is 3.53. The number of nitrogens with two attached hydrogens (primary N) is 1. The number of piperidine rings is 1. The molecule has 21 heavy (non-hydrogen) atoms. The Bertz CT molecular complexity index is 363. The van der Waals surface area contributed by atoms with Crippen LogP contribution in [0, 0.1) is 5.92 Å². The van der Waals surface area contributed by atoms with Gasteiger partial charge in [0.15, 0.2) is 0 Å². The summed E-state index contributed by atoms with van der Waals surface area (Å²) in [6, 6.07) is 0. The Morgan fingerprint density at radius 3 is 2.38 bits per heavy atom. The van der Waals surface area contributed by atoms with Crippen molar-refractivity contribution < 1.29 is 14.3 Å². The number of ether oxygens (including phenoxy) is 1. The van der Waals surface area contributed by atoms with Crippen molar-refractivity contribution in [1.82, 2.24) is 15.2 Å². The zero-order valence-corrected chi connectivity index (χ0v) is 14.0. The molecule has 0 bridgehead atoms. The fraction of sp³-hybridized carbons (Fsp3) is 0.846. The minimum atomic E-state index is -0.495. The van der Waals surface area contributed by atoms with Gasteiger partial charge in [0.05, 0.1) is 5.37 Å². The highest BCUT2D eigenvalue weighted by atomic mass is 32.2. The molecule has 0 radical (unpaired) electrons. The van der Waals surface area contributed by atoms with Gasteiger partial charge in [-0.25, -0.2) is 4.79 Å². The van der Waals surface area contributed by atoms with Gasteiger partial charge in [-0.3, -0.25) is 10.2 Å². The number of carbonyl (C=O) groups is 2. The molecule has 7 nitrogen and oxygen atoms in total. The van der Waals surface area contributed by atoms with Gasteiger partial charge in [0.1, 0.15) is 5.60 Å². The fourth-order valence-corrected chi connectivity index (χ4v) is 2.27. The summed E-state index contributed by atoms with van der Waals surface area (Å²) in [4.78, 5) is 28.2. The van der Waals surface area contributed by atoms with E-state index in [1.807, 2.05) is 27.7 Å². The Balaban J connectivity index is 2.31. The molecule has 0 aliphatic carbocycles. The number of hydrazine groups is 1. The van der Waals surface area contributed by atoms with Gasteiger partial charge >= 0.3 is 6.09 Å². The summed E-state index contributed by atoms with van der Waals surface area (Å²) in [5, 5.41) is -0.0979. The fourth-order valence-electron chi connectivity index (χ4n) is 1.93. The number of carbonyl (C=O) groups excluding carboxylic acids is 2. The zero-order chi connectivity index (χ0) is 16.0. The van der Waals surface area contributed by atoms with E-state index in [2.05, 4.69) is 10.3 Å². The lowest BCUT2D eigenvalue weighted by molar-refractivity contribution is -0.126. The first-order valence-corrected chi connectivity index (χ1v) is 8.01. The molecule has 1 fully saturated rings. The third-order valence-electron chi connectivity index (χ3n) is 2.94. The molecule has 1 saturated heterocycles. The van der Waals surface area contributed by atoms with E-state index in [-0.39, 0.29) is 23.3 Å². The van der Waals surface area contributed by atoms with Gasteiger partial charge in [0, 0.05) is 19.0 Å². The van der Waals surface area contributed by atoms with E-state index in [1.165, 1.54) is 11.9 Å². The van der Waals surface area contributed by atoms with Crippen molar-refractivity contribution in [2.24, 2.45) is 11.7 Å². The van der Waals surface area contributed by atoms with Gasteiger partial charge in [0.2, 0.25) is 5.91 Å². The smallest absolute Gasteiger partial charge is 0.410 e. The number of hydrogen-bond donors (Lipinski definition) is 3. The highest BCUT2D eigenvalue weighted by Gasteiger charge is 2.29. The number of likely N-dealkylation sites (tertiary alicyclic amines) is 1. The lowest BCUT2D eigenvalue weighted by Gasteiger charge is -2.32. The first kappa shape index (κ1) is 18.1. The number of rotatable bonds is 4. The summed E-state index contributed by atoms with van der Waals surface area (Å²) < 4.78 is 5.32. The lowest BCUT2D eigenvalue weighted by atomic mass is 9.96. The van der Waals surface area contributed by atoms with E-state index in [9.17, 15) is 9.59 Å². The number of nitrogens with one attached hydrogen (secondary N) is 2. The van der Waals surface area contributed by atoms with Crippen LogP contribution in [0.4, 0.5) is 4.79 Å². The standard InChI is InChI=1S/C13H26N4O3S/c1-9(14)21-16-15-11(18)10-5-7-17(8-6-10)12(19)20-13(2,3)4/h9-10,16H,5-8,14H2,1-4H3,(H,15,18). The van der Waals surface area contributed by atoms with Crippen LogP contribution < -0.4 is 16.0 Å². The highest BCUT2D eigenvalue weighted by molar-refractivity contribution is 7.97. The van der Waals surface area contributed by atoms with Crippen LogP contribution in [0.1, 0.15) is 40.5 Å². The van der Waals surface area contributed by atoms with Gasteiger partial charge in [0.25, 0.3) is 0 Å². The van der Waals surface area contributed by atoms with Crippen LogP contribution in [0.2, 0.25) is 0 Å². The number of nitrogens with zero attached hydrogens (tertiary/aromatic N) is 1. The van der Waals surface area contributed by atoms with Crippen molar-refractivity contribution >= 4 is 23.9 Å². The van der Waals surface area contributed by atoms with E-state index in [0.29, 0.717) is 25.9 Å². The highest BCUT2D eigenvalue weighted by Crippen LogP contribution is 2.19. The van der Waals surface area contributed by atoms with Crippen LogP contribution in [-0.4, -0.2) is 41.0 Å². The molecule has 0 aromatic rings. The lowest BCUT2D eigenvalue weighted by Crippen LogP contribution is -2.46. The van der Waals surface area contributed by atoms with Crippen molar-refractivity contribution in [1.29, 1.82) is 0 Å². The second kappa shape index (κ2) is 7.86. The molecule has 1 aliphatic rings. The Kier molecular flexibility index (Phi) is 6.76. The van der Waals surface area contributed by atoms with E-state index >= 15 is 0 Å². The topological polar surface area (TPSA) is 96.7 Å². The Morgan fingerprint density at radius 2 is 1.90 bits per heavy atom. The van der Waals surface area contributed by atoms with Gasteiger partial charge in [-0.2, -0.15) is 4.83 Å². The third kappa shape index (κ3) is 7.01. The summed E-state index contributed by atoms with van der Waals surface area (Å²) in [5.74, 6) is -0.156. The summed E-state index contributed by atoms with van der Waals surface area (Å²) >= 11 is 1.25. The van der Waals surface area contributed by atoms with Crippen LogP contribution in [0.3, 0.4) is 0 Å². The van der Waals surface area contributed by atoms with E-state index < -0.39 is 5.60 Å². The molecule has 1 unspecified atom stereocenters. The van der Waals surface area contributed by atoms with Crippen LogP contribution in [-0.2, 0) is 9.53 Å². The molecule has 1 heterocycles. The summed E-state index contributed by atoms with van der Waals surface area (Å²) in [6.07, 6.45) is 0.956. The maximum absolute atomic E-state index is 11.9. The van der Waals surface area contributed by atoms with Crippen molar-refractivity contribution in [2.45, 2.75) is 51.5 Å². The summed E-state index contributed by atoms with van der Waals surface area (Å²) in [6.45, 7) is 8.41. The van der Waals surface area contributed by atoms with Gasteiger partial charge in [-0.15, -0.1) is 0 Å². The summed E-state index contributed by atoms with van der Waals surface area (Å²) in [7, 11) is 0. The van der Waals surface area contributed by atoms with Crippen LogP contribution >= 0.6 is 11.9 Å². The molecule has 0 aromatic carbocycles. The molecule has 4 N–H and O–H groups in total. The van der Waals surface area contributed by atoms with E-state index in [0.717, 1.165) is 0 Å². The molecule has 0 aromatic heterocycles. The first-order chi connectivity index (χ1) is 9.69. The zero-order valence-electron chi connectivity index (χ0n) is 13.1. The SMILES string of the molecule is CC(N)SNNC(=O)C1CCN(C(=O)OC(C)(C)C)CC1. The average molecular weight is 318 g/mol. The molecule has 0 spiro atoms. The Hall–Kier alpha value is -0.990. The maximum atomic E-state index is 11.9. The van der Waals surface area contributed by atoms with Crippen molar-refractivity contribution in [2.75, 3.05) is 13.1 Å². The van der Waals surface area contributed by atoms with Crippen LogP contribution in [0.25, 0.3) is 0 Å². The molecule has 0 saturated carbocycles. The predicted molar refractivity (Wildman–Crippen MR) is 83.0 cm³/mol. The van der Waals surface area contributed by atoms with Gasteiger partial charge < -0.3 is 15.4 Å². The second-order valence-corrected chi connectivity index (χ2v) is 7.34. The van der Waals surface area contributed by atoms with E-state index in [4.69, 9.17) is 10.5 Å². The second-order valence-electron chi connectivity index (χ2n) is 6.16. The number of hydrogen-bond acceptors (Lipinski definition) is 6. The van der Waals surface area contributed by atoms with Gasteiger partial charge in [-0.1, -0.05) is 0 Å². The minimum absolute atomic E-state index is 0.0630. The quantitative estimate of drug-likeness (QED) is 0.409. The van der Waals surface area contributed by atoms with Crippen molar-refractivity contribution in [3.63, 3.8) is 0 Å². The minimum Gasteiger partial charge on any atom is -0.444 e. The largest absolute Gasteiger partial charge is 0.444 e. The maximum Gasteiger partial charge on any atom is 0.410 e. The molecular formula is C13H26N4O3S. The normalized spacial score (nSPS) is 18.2.